The number of nitrogens with zero attached hydrogens (tertiary/aromatic N) is 1. The van der Waals surface area contributed by atoms with Crippen LogP contribution in [-0.2, 0) is 9.53 Å². The molecule has 0 aliphatic rings. The van der Waals surface area contributed by atoms with Gasteiger partial charge in [-0.25, -0.2) is 4.79 Å². The Morgan fingerprint density at radius 1 is 1.27 bits per heavy atom. The lowest BCUT2D eigenvalue weighted by Crippen LogP contribution is -2.06. The van der Waals surface area contributed by atoms with Gasteiger partial charge in [0.1, 0.15) is 18.2 Å². The maximum atomic E-state index is 11.6. The molecule has 114 valence electrons. The van der Waals surface area contributed by atoms with E-state index in [1.165, 1.54) is 6.08 Å². The highest BCUT2D eigenvalue weighted by atomic mass is 16.5. The molecule has 0 aromatic heterocycles. The van der Waals surface area contributed by atoms with Gasteiger partial charge in [0.2, 0.25) is 0 Å². The Bertz CT molecular complexity index is 635. The molecule has 1 aromatic rings. The van der Waals surface area contributed by atoms with Gasteiger partial charge in [-0.2, -0.15) is 5.26 Å². The lowest BCUT2D eigenvalue weighted by atomic mass is 10.1. The van der Waals surface area contributed by atoms with Crippen molar-refractivity contribution in [3.8, 4) is 29.9 Å². The molecule has 0 bridgehead atoms. The summed E-state index contributed by atoms with van der Waals surface area (Å²) in [4.78, 5) is 11.6. The number of benzene rings is 1. The SMILES string of the molecule is C#CCOc1ccc(/C=C(/C#N)C(=O)OCC)cc1OCC. The maximum Gasteiger partial charge on any atom is 0.348 e. The van der Waals surface area contributed by atoms with Gasteiger partial charge in [-0.1, -0.05) is 12.0 Å². The predicted molar refractivity (Wildman–Crippen MR) is 82.2 cm³/mol. The first-order chi connectivity index (χ1) is 10.7. The summed E-state index contributed by atoms with van der Waals surface area (Å²) in [5.74, 6) is 2.72. The summed E-state index contributed by atoms with van der Waals surface area (Å²) in [5, 5.41) is 9.03. The van der Waals surface area contributed by atoms with Gasteiger partial charge in [-0.3, -0.25) is 0 Å². The topological polar surface area (TPSA) is 68.5 Å². The van der Waals surface area contributed by atoms with Crippen molar-refractivity contribution in [1.82, 2.24) is 0 Å². The summed E-state index contributed by atoms with van der Waals surface area (Å²) in [6, 6.07) is 6.87. The Morgan fingerprint density at radius 2 is 2.05 bits per heavy atom. The first-order valence-corrected chi connectivity index (χ1v) is 6.78. The highest BCUT2D eigenvalue weighted by Gasteiger charge is 2.11. The summed E-state index contributed by atoms with van der Waals surface area (Å²) in [6.45, 7) is 4.30. The fourth-order valence-corrected chi connectivity index (χ4v) is 1.63. The molecule has 5 heteroatoms. The highest BCUT2D eigenvalue weighted by Crippen LogP contribution is 2.29. The number of ether oxygens (including phenoxy) is 3. The third-order valence-electron chi connectivity index (χ3n) is 2.51. The van der Waals surface area contributed by atoms with E-state index < -0.39 is 5.97 Å². The Kier molecular flexibility index (Phi) is 7.08. The summed E-state index contributed by atoms with van der Waals surface area (Å²) < 4.78 is 15.7. The zero-order valence-corrected chi connectivity index (χ0v) is 12.6. The number of carbonyl (C=O) groups excluding carboxylic acids is 1. The van der Waals surface area contributed by atoms with E-state index in [1.807, 2.05) is 13.0 Å². The number of esters is 1. The molecule has 22 heavy (non-hydrogen) atoms. The Labute approximate surface area is 130 Å². The van der Waals surface area contributed by atoms with Crippen molar-refractivity contribution in [3.63, 3.8) is 0 Å². The molecule has 5 nitrogen and oxygen atoms in total. The first kappa shape index (κ1) is 17.1. The molecule has 0 heterocycles. The van der Waals surface area contributed by atoms with E-state index in [4.69, 9.17) is 25.9 Å². The van der Waals surface area contributed by atoms with E-state index in [1.54, 1.807) is 25.1 Å². The molecular formula is C17H17NO4. The summed E-state index contributed by atoms with van der Waals surface area (Å²) >= 11 is 0. The average Bonchev–Trinajstić information content (AvgIpc) is 2.52. The minimum atomic E-state index is -0.657. The van der Waals surface area contributed by atoms with Crippen LogP contribution >= 0.6 is 0 Å². The minimum Gasteiger partial charge on any atom is -0.490 e. The average molecular weight is 299 g/mol. The molecule has 0 aliphatic carbocycles. The van der Waals surface area contributed by atoms with E-state index in [0.29, 0.717) is 23.7 Å². The largest absolute Gasteiger partial charge is 0.490 e. The highest BCUT2D eigenvalue weighted by molar-refractivity contribution is 5.97. The van der Waals surface area contributed by atoms with Crippen molar-refractivity contribution in [2.24, 2.45) is 0 Å². The number of carbonyl (C=O) groups is 1. The van der Waals surface area contributed by atoms with E-state index in [2.05, 4.69) is 5.92 Å². The molecule has 0 fully saturated rings. The first-order valence-electron chi connectivity index (χ1n) is 6.78. The van der Waals surface area contributed by atoms with Gasteiger partial charge in [0.05, 0.1) is 13.2 Å². The van der Waals surface area contributed by atoms with Gasteiger partial charge in [-0.05, 0) is 37.6 Å². The van der Waals surface area contributed by atoms with Crippen LogP contribution in [0, 0.1) is 23.7 Å². The van der Waals surface area contributed by atoms with Gasteiger partial charge in [-0.15, -0.1) is 6.42 Å². The van der Waals surface area contributed by atoms with E-state index in [9.17, 15) is 4.79 Å². The fraction of sp³-hybridized carbons (Fsp3) is 0.294. The second kappa shape index (κ2) is 9.10. The molecule has 0 saturated carbocycles. The normalized spacial score (nSPS) is 10.3. The molecule has 0 atom stereocenters. The smallest absolute Gasteiger partial charge is 0.348 e. The van der Waals surface area contributed by atoms with E-state index in [0.717, 1.165) is 0 Å². The van der Waals surface area contributed by atoms with Crippen LogP contribution in [0.15, 0.2) is 23.8 Å². The maximum absolute atomic E-state index is 11.6. The molecule has 0 N–H and O–H groups in total. The predicted octanol–water partition coefficient (Wildman–Crippen LogP) is 2.57. The third-order valence-corrected chi connectivity index (χ3v) is 2.51. The monoisotopic (exact) mass is 299 g/mol. The van der Waals surface area contributed by atoms with Crippen LogP contribution < -0.4 is 9.47 Å². The second-order valence-corrected chi connectivity index (χ2v) is 4.02. The van der Waals surface area contributed by atoms with Crippen molar-refractivity contribution in [2.75, 3.05) is 19.8 Å². The van der Waals surface area contributed by atoms with Gasteiger partial charge in [0, 0.05) is 0 Å². The second-order valence-electron chi connectivity index (χ2n) is 4.02. The van der Waals surface area contributed by atoms with Crippen molar-refractivity contribution >= 4 is 12.0 Å². The van der Waals surface area contributed by atoms with E-state index in [-0.39, 0.29) is 18.8 Å². The summed E-state index contributed by atoms with van der Waals surface area (Å²) in [7, 11) is 0. The molecule has 1 rings (SSSR count). The Balaban J connectivity index is 3.10. The van der Waals surface area contributed by atoms with Crippen molar-refractivity contribution in [1.29, 1.82) is 5.26 Å². The number of hydrogen-bond acceptors (Lipinski definition) is 5. The molecule has 0 saturated heterocycles. The zero-order chi connectivity index (χ0) is 16.4. The minimum absolute atomic E-state index is 0.0819. The van der Waals surface area contributed by atoms with Crippen LogP contribution in [0.3, 0.4) is 0 Å². The molecule has 0 aliphatic heterocycles. The fourth-order valence-electron chi connectivity index (χ4n) is 1.63. The molecule has 0 unspecified atom stereocenters. The standard InChI is InChI=1S/C17H17NO4/c1-4-9-22-15-8-7-13(11-16(15)20-5-2)10-14(12-18)17(19)21-6-3/h1,7-8,10-11H,5-6,9H2,2-3H3/b14-10-. The van der Waals surface area contributed by atoms with Gasteiger partial charge < -0.3 is 14.2 Å². The number of rotatable bonds is 7. The molecule has 0 spiro atoms. The van der Waals surface area contributed by atoms with Crippen LogP contribution in [0.5, 0.6) is 11.5 Å². The van der Waals surface area contributed by atoms with Crippen molar-refractivity contribution < 1.29 is 19.0 Å². The Morgan fingerprint density at radius 3 is 2.64 bits per heavy atom. The van der Waals surface area contributed by atoms with Crippen LogP contribution in [-0.4, -0.2) is 25.8 Å². The number of hydrogen-bond donors (Lipinski definition) is 0. The molecule has 0 radical (unpaired) electrons. The molecular weight excluding hydrogens is 282 g/mol. The van der Waals surface area contributed by atoms with Gasteiger partial charge in [0.15, 0.2) is 11.5 Å². The number of terminal acetylenes is 1. The van der Waals surface area contributed by atoms with Crippen molar-refractivity contribution in [3.05, 3.63) is 29.3 Å². The molecule has 0 amide bonds. The van der Waals surface area contributed by atoms with Gasteiger partial charge >= 0.3 is 5.97 Å². The van der Waals surface area contributed by atoms with Crippen LogP contribution in [0.2, 0.25) is 0 Å². The summed E-state index contributed by atoms with van der Waals surface area (Å²) in [5.41, 5.74) is 0.544. The van der Waals surface area contributed by atoms with E-state index >= 15 is 0 Å². The Hall–Kier alpha value is -2.92. The van der Waals surface area contributed by atoms with Crippen LogP contribution in [0.4, 0.5) is 0 Å². The molecule has 1 aromatic carbocycles. The lowest BCUT2D eigenvalue weighted by molar-refractivity contribution is -0.137. The van der Waals surface area contributed by atoms with Crippen LogP contribution in [0.1, 0.15) is 19.4 Å². The third kappa shape index (κ3) is 4.88. The zero-order valence-electron chi connectivity index (χ0n) is 12.6. The van der Waals surface area contributed by atoms with Crippen LogP contribution in [0.25, 0.3) is 6.08 Å². The lowest BCUT2D eigenvalue weighted by Gasteiger charge is -2.11. The number of nitriles is 1. The van der Waals surface area contributed by atoms with Gasteiger partial charge in [0.25, 0.3) is 0 Å². The summed E-state index contributed by atoms with van der Waals surface area (Å²) in [6.07, 6.45) is 6.60. The van der Waals surface area contributed by atoms with Crippen molar-refractivity contribution in [2.45, 2.75) is 13.8 Å². The quantitative estimate of drug-likeness (QED) is 0.335.